The van der Waals surface area contributed by atoms with Crippen LogP contribution in [0.2, 0.25) is 0 Å². The molecule has 1 heterocycles. The molecule has 11 heavy (non-hydrogen) atoms. The summed E-state index contributed by atoms with van der Waals surface area (Å²) in [4.78, 5) is 0. The monoisotopic (exact) mass is 155 g/mol. The van der Waals surface area contributed by atoms with Gasteiger partial charge in [-0.2, -0.15) is 0 Å². The highest BCUT2D eigenvalue weighted by Gasteiger charge is 2.22. The molecule has 1 aliphatic rings. The maximum absolute atomic E-state index is 5.64. The van der Waals surface area contributed by atoms with Crippen molar-refractivity contribution in [2.75, 3.05) is 13.2 Å². The predicted molar refractivity (Wildman–Crippen MR) is 46.1 cm³/mol. The summed E-state index contributed by atoms with van der Waals surface area (Å²) in [7, 11) is 0. The number of ether oxygens (including phenoxy) is 1. The first-order valence-corrected chi connectivity index (χ1v) is 4.18. The summed E-state index contributed by atoms with van der Waals surface area (Å²) < 4.78 is 5.25. The van der Waals surface area contributed by atoms with Crippen LogP contribution in [-0.2, 0) is 4.74 Å². The lowest BCUT2D eigenvalue weighted by Gasteiger charge is -2.28. The normalized spacial score (nSPS) is 19.0. The van der Waals surface area contributed by atoms with Crippen molar-refractivity contribution in [1.82, 2.24) is 0 Å². The maximum atomic E-state index is 5.64. The van der Waals surface area contributed by atoms with E-state index in [9.17, 15) is 0 Å². The molecule has 0 atom stereocenters. The molecule has 0 unspecified atom stereocenters. The van der Waals surface area contributed by atoms with Gasteiger partial charge >= 0.3 is 0 Å². The number of hydrogen-bond donors (Lipinski definition) is 1. The van der Waals surface area contributed by atoms with Crippen LogP contribution in [0, 0.1) is 5.41 Å². The van der Waals surface area contributed by atoms with Crippen LogP contribution in [0.5, 0.6) is 0 Å². The van der Waals surface area contributed by atoms with Gasteiger partial charge in [0.1, 0.15) is 0 Å². The van der Waals surface area contributed by atoms with Crippen molar-refractivity contribution in [3.8, 4) is 0 Å². The van der Waals surface area contributed by atoms with Gasteiger partial charge in [-0.1, -0.05) is 13.8 Å². The summed E-state index contributed by atoms with van der Waals surface area (Å²) in [6.07, 6.45) is 4.16. The van der Waals surface area contributed by atoms with Crippen molar-refractivity contribution in [1.29, 1.82) is 0 Å². The van der Waals surface area contributed by atoms with E-state index < -0.39 is 0 Å². The first-order valence-electron chi connectivity index (χ1n) is 4.18. The molecule has 1 rings (SSSR count). The number of nitrogens with two attached hydrogens (primary N) is 1. The van der Waals surface area contributed by atoms with Gasteiger partial charge in [0.15, 0.2) is 0 Å². The van der Waals surface area contributed by atoms with Crippen molar-refractivity contribution in [3.63, 3.8) is 0 Å². The van der Waals surface area contributed by atoms with Crippen molar-refractivity contribution >= 4 is 0 Å². The fourth-order valence-corrected chi connectivity index (χ4v) is 1.19. The lowest BCUT2D eigenvalue weighted by atomic mass is 9.82. The van der Waals surface area contributed by atoms with E-state index in [1.54, 1.807) is 0 Å². The third-order valence-corrected chi connectivity index (χ3v) is 2.31. The molecule has 64 valence electrons. The first-order chi connectivity index (χ1) is 5.17. The second-order valence-corrected chi connectivity index (χ2v) is 3.71. The predicted octanol–water partition coefficient (Wildman–Crippen LogP) is 1.67. The molecule has 0 aromatic carbocycles. The van der Waals surface area contributed by atoms with Gasteiger partial charge in [0.05, 0.1) is 12.9 Å². The Morgan fingerprint density at radius 2 is 2.36 bits per heavy atom. The lowest BCUT2D eigenvalue weighted by molar-refractivity contribution is 0.209. The molecule has 0 aliphatic carbocycles. The third kappa shape index (κ3) is 1.96. The lowest BCUT2D eigenvalue weighted by Crippen LogP contribution is -2.27. The molecule has 2 heteroatoms. The largest absolute Gasteiger partial charge is 0.501 e. The second kappa shape index (κ2) is 3.26. The van der Waals surface area contributed by atoms with E-state index in [0.29, 0.717) is 6.54 Å². The topological polar surface area (TPSA) is 35.2 Å². The summed E-state index contributed by atoms with van der Waals surface area (Å²) in [5.41, 5.74) is 7.12. The van der Waals surface area contributed by atoms with E-state index in [1.807, 2.05) is 6.26 Å². The Bertz CT molecular complexity index is 161. The first kappa shape index (κ1) is 8.60. The Hall–Kier alpha value is -0.500. The smallest absolute Gasteiger partial charge is 0.0876 e. The maximum Gasteiger partial charge on any atom is 0.0876 e. The summed E-state index contributed by atoms with van der Waals surface area (Å²) >= 11 is 0. The van der Waals surface area contributed by atoms with Crippen LogP contribution >= 0.6 is 0 Å². The molecule has 0 fully saturated rings. The molecule has 0 radical (unpaired) electrons. The van der Waals surface area contributed by atoms with E-state index in [4.69, 9.17) is 10.5 Å². The second-order valence-electron chi connectivity index (χ2n) is 3.71. The Labute approximate surface area is 68.4 Å². The van der Waals surface area contributed by atoms with E-state index in [0.717, 1.165) is 19.4 Å². The average molecular weight is 155 g/mol. The molecule has 2 N–H and O–H groups in total. The standard InChI is InChI=1S/C9H17NO/c1-9(2,7-10)8-4-3-5-11-6-8/h6H,3-5,7,10H2,1-2H3. The Morgan fingerprint density at radius 3 is 2.82 bits per heavy atom. The van der Waals surface area contributed by atoms with E-state index in [-0.39, 0.29) is 5.41 Å². The molecule has 0 bridgehead atoms. The highest BCUT2D eigenvalue weighted by molar-refractivity contribution is 5.11. The van der Waals surface area contributed by atoms with Crippen LogP contribution in [0.3, 0.4) is 0 Å². The fraction of sp³-hybridized carbons (Fsp3) is 0.778. The molecule has 0 saturated carbocycles. The molecule has 2 nitrogen and oxygen atoms in total. The van der Waals surface area contributed by atoms with Crippen LogP contribution in [0.25, 0.3) is 0 Å². The molecule has 1 aliphatic heterocycles. The van der Waals surface area contributed by atoms with E-state index >= 15 is 0 Å². The van der Waals surface area contributed by atoms with Crippen LogP contribution in [0.4, 0.5) is 0 Å². The van der Waals surface area contributed by atoms with Gasteiger partial charge in [-0.15, -0.1) is 0 Å². The summed E-state index contributed by atoms with van der Waals surface area (Å²) in [6.45, 7) is 5.88. The minimum absolute atomic E-state index is 0.125. The highest BCUT2D eigenvalue weighted by Crippen LogP contribution is 2.30. The van der Waals surface area contributed by atoms with Gasteiger partial charge in [-0.05, 0) is 18.4 Å². The van der Waals surface area contributed by atoms with Crippen molar-refractivity contribution in [3.05, 3.63) is 11.8 Å². The molecule has 0 spiro atoms. The Balaban J connectivity index is 2.64. The molecule has 0 aromatic heterocycles. The van der Waals surface area contributed by atoms with Gasteiger partial charge in [-0.3, -0.25) is 0 Å². The SMILES string of the molecule is CC(C)(CN)C1=COCCC1. The zero-order chi connectivity index (χ0) is 8.32. The van der Waals surface area contributed by atoms with Crippen molar-refractivity contribution in [2.24, 2.45) is 11.1 Å². The molecule has 0 aromatic rings. The van der Waals surface area contributed by atoms with Crippen LogP contribution in [-0.4, -0.2) is 13.2 Å². The molecular weight excluding hydrogens is 138 g/mol. The Kier molecular flexibility index (Phi) is 2.55. The van der Waals surface area contributed by atoms with E-state index in [1.165, 1.54) is 5.57 Å². The molecule has 0 amide bonds. The van der Waals surface area contributed by atoms with Gasteiger partial charge in [0, 0.05) is 12.0 Å². The average Bonchev–Trinajstić information content (AvgIpc) is 2.06. The molecular formula is C9H17NO. The number of rotatable bonds is 2. The summed E-state index contributed by atoms with van der Waals surface area (Å²) in [6, 6.07) is 0. The summed E-state index contributed by atoms with van der Waals surface area (Å²) in [5, 5.41) is 0. The van der Waals surface area contributed by atoms with Crippen molar-refractivity contribution in [2.45, 2.75) is 26.7 Å². The van der Waals surface area contributed by atoms with Gasteiger partial charge in [0.2, 0.25) is 0 Å². The van der Waals surface area contributed by atoms with Gasteiger partial charge < -0.3 is 10.5 Å². The third-order valence-electron chi connectivity index (χ3n) is 2.31. The van der Waals surface area contributed by atoms with Gasteiger partial charge in [0.25, 0.3) is 0 Å². The zero-order valence-electron chi connectivity index (χ0n) is 7.39. The van der Waals surface area contributed by atoms with E-state index in [2.05, 4.69) is 13.8 Å². The number of hydrogen-bond acceptors (Lipinski definition) is 2. The van der Waals surface area contributed by atoms with Crippen LogP contribution in [0.15, 0.2) is 11.8 Å². The zero-order valence-corrected chi connectivity index (χ0v) is 7.39. The summed E-state index contributed by atoms with van der Waals surface area (Å²) in [5.74, 6) is 0. The van der Waals surface area contributed by atoms with Crippen LogP contribution in [0.1, 0.15) is 26.7 Å². The van der Waals surface area contributed by atoms with Gasteiger partial charge in [-0.25, -0.2) is 0 Å². The fourth-order valence-electron chi connectivity index (χ4n) is 1.19. The Morgan fingerprint density at radius 1 is 1.64 bits per heavy atom. The highest BCUT2D eigenvalue weighted by atomic mass is 16.5. The minimum Gasteiger partial charge on any atom is -0.501 e. The molecule has 0 saturated heterocycles. The van der Waals surface area contributed by atoms with Crippen LogP contribution < -0.4 is 5.73 Å². The van der Waals surface area contributed by atoms with Crippen molar-refractivity contribution < 1.29 is 4.74 Å². The quantitative estimate of drug-likeness (QED) is 0.658. The minimum atomic E-state index is 0.125.